The van der Waals surface area contributed by atoms with Gasteiger partial charge in [0.05, 0.1) is 11.3 Å². The average Bonchev–Trinajstić information content (AvgIpc) is 2.47. The summed E-state index contributed by atoms with van der Waals surface area (Å²) >= 11 is 3.34. The van der Waals surface area contributed by atoms with Crippen molar-refractivity contribution in [2.75, 3.05) is 5.32 Å². The molecule has 3 N–H and O–H groups in total. The number of carbonyl (C=O) groups excluding carboxylic acids is 1. The first-order valence-electron chi connectivity index (χ1n) is 6.18. The minimum absolute atomic E-state index is 0.0521. The molecule has 2 rings (SSSR count). The number of urea groups is 1. The van der Waals surface area contributed by atoms with E-state index in [1.807, 2.05) is 24.3 Å². The van der Waals surface area contributed by atoms with E-state index in [0.29, 0.717) is 6.54 Å². The molecule has 0 aliphatic rings. The van der Waals surface area contributed by atoms with Crippen LogP contribution in [-0.4, -0.2) is 17.1 Å². The van der Waals surface area contributed by atoms with Gasteiger partial charge in [0.1, 0.15) is 0 Å². The van der Waals surface area contributed by atoms with Crippen molar-refractivity contribution in [2.24, 2.45) is 0 Å². The second kappa shape index (κ2) is 6.90. The molecule has 0 saturated carbocycles. The normalized spacial score (nSPS) is 9.95. The molecule has 5 nitrogen and oxygen atoms in total. The molecule has 0 aromatic heterocycles. The smallest absolute Gasteiger partial charge is 0.337 e. The van der Waals surface area contributed by atoms with Crippen LogP contribution < -0.4 is 10.6 Å². The number of nitrogens with one attached hydrogen (secondary N) is 2. The van der Waals surface area contributed by atoms with Gasteiger partial charge in [0.25, 0.3) is 0 Å². The van der Waals surface area contributed by atoms with E-state index in [2.05, 4.69) is 26.6 Å². The topological polar surface area (TPSA) is 78.4 Å². The molecule has 21 heavy (non-hydrogen) atoms. The van der Waals surface area contributed by atoms with E-state index < -0.39 is 12.0 Å². The largest absolute Gasteiger partial charge is 0.478 e. The maximum Gasteiger partial charge on any atom is 0.337 e. The minimum atomic E-state index is -1.08. The lowest BCUT2D eigenvalue weighted by Gasteiger charge is -2.10. The van der Waals surface area contributed by atoms with Gasteiger partial charge >= 0.3 is 12.0 Å². The van der Waals surface area contributed by atoms with Crippen molar-refractivity contribution in [1.82, 2.24) is 5.32 Å². The Morgan fingerprint density at radius 3 is 2.38 bits per heavy atom. The van der Waals surface area contributed by atoms with Crippen LogP contribution in [0.1, 0.15) is 15.9 Å². The van der Waals surface area contributed by atoms with Gasteiger partial charge in [0.2, 0.25) is 0 Å². The lowest BCUT2D eigenvalue weighted by atomic mass is 10.2. The summed E-state index contributed by atoms with van der Waals surface area (Å²) in [5, 5.41) is 14.2. The van der Waals surface area contributed by atoms with Gasteiger partial charge in [0.15, 0.2) is 0 Å². The van der Waals surface area contributed by atoms with Crippen molar-refractivity contribution in [1.29, 1.82) is 0 Å². The van der Waals surface area contributed by atoms with Gasteiger partial charge < -0.3 is 15.7 Å². The van der Waals surface area contributed by atoms with Gasteiger partial charge in [-0.3, -0.25) is 0 Å². The number of carboxylic acid groups (broad SMARTS) is 1. The molecule has 0 bridgehead atoms. The van der Waals surface area contributed by atoms with Gasteiger partial charge in [0, 0.05) is 11.0 Å². The molecule has 2 aromatic carbocycles. The van der Waals surface area contributed by atoms with E-state index in [0.717, 1.165) is 10.0 Å². The number of hydrogen-bond donors (Lipinski definition) is 3. The van der Waals surface area contributed by atoms with E-state index >= 15 is 0 Å². The molecule has 0 aliphatic heterocycles. The molecule has 0 fully saturated rings. The maximum atomic E-state index is 11.8. The highest BCUT2D eigenvalue weighted by Crippen LogP contribution is 2.15. The molecule has 0 radical (unpaired) electrons. The van der Waals surface area contributed by atoms with Crippen LogP contribution in [0.15, 0.2) is 53.0 Å². The Bertz CT molecular complexity index is 656. The summed E-state index contributed by atoms with van der Waals surface area (Å²) < 4.78 is 0.964. The average molecular weight is 349 g/mol. The number of aromatic carboxylic acids is 1. The molecule has 0 spiro atoms. The summed E-state index contributed by atoms with van der Waals surface area (Å²) in [5.41, 5.74) is 1.26. The Morgan fingerprint density at radius 2 is 1.71 bits per heavy atom. The van der Waals surface area contributed by atoms with Gasteiger partial charge in [-0.25, -0.2) is 9.59 Å². The van der Waals surface area contributed by atoms with Crippen molar-refractivity contribution >= 4 is 33.6 Å². The van der Waals surface area contributed by atoms with Crippen LogP contribution >= 0.6 is 15.9 Å². The van der Waals surface area contributed by atoms with Crippen molar-refractivity contribution in [3.63, 3.8) is 0 Å². The summed E-state index contributed by atoms with van der Waals surface area (Å²) in [6.45, 7) is 0.356. The highest BCUT2D eigenvalue weighted by atomic mass is 79.9. The first kappa shape index (κ1) is 15.1. The molecule has 2 amide bonds. The molecular weight excluding hydrogens is 336 g/mol. The van der Waals surface area contributed by atoms with Crippen molar-refractivity contribution in [2.45, 2.75) is 6.54 Å². The number of benzene rings is 2. The monoisotopic (exact) mass is 348 g/mol. The molecule has 0 unspecified atom stereocenters. The first-order chi connectivity index (χ1) is 10.1. The lowest BCUT2D eigenvalue weighted by Crippen LogP contribution is -2.28. The van der Waals surface area contributed by atoms with Crippen LogP contribution in [0.5, 0.6) is 0 Å². The van der Waals surface area contributed by atoms with Crippen LogP contribution in [0.4, 0.5) is 10.5 Å². The predicted molar refractivity (Wildman–Crippen MR) is 83.4 cm³/mol. The fourth-order valence-electron chi connectivity index (χ4n) is 1.73. The van der Waals surface area contributed by atoms with Gasteiger partial charge in [-0.2, -0.15) is 0 Å². The summed E-state index contributed by atoms with van der Waals surface area (Å²) in [5.74, 6) is -1.08. The van der Waals surface area contributed by atoms with E-state index in [1.54, 1.807) is 18.2 Å². The second-order valence-electron chi connectivity index (χ2n) is 4.28. The van der Waals surface area contributed by atoms with Crippen LogP contribution in [0, 0.1) is 0 Å². The van der Waals surface area contributed by atoms with Crippen LogP contribution in [0.2, 0.25) is 0 Å². The Kier molecular flexibility index (Phi) is 4.94. The van der Waals surface area contributed by atoms with Crippen LogP contribution in [0.3, 0.4) is 0 Å². The zero-order valence-corrected chi connectivity index (χ0v) is 12.6. The Hall–Kier alpha value is -2.34. The number of para-hydroxylation sites is 1. The molecule has 0 saturated heterocycles. The Balaban J connectivity index is 1.96. The number of anilines is 1. The fourth-order valence-corrected chi connectivity index (χ4v) is 1.99. The molecule has 0 atom stereocenters. The van der Waals surface area contributed by atoms with E-state index in [4.69, 9.17) is 5.11 Å². The third-order valence-corrected chi connectivity index (χ3v) is 3.30. The van der Waals surface area contributed by atoms with Gasteiger partial charge in [-0.15, -0.1) is 0 Å². The molecule has 108 valence electrons. The minimum Gasteiger partial charge on any atom is -0.478 e. The third kappa shape index (κ3) is 4.32. The summed E-state index contributed by atoms with van der Waals surface area (Å²) in [7, 11) is 0. The molecule has 0 heterocycles. The Morgan fingerprint density at radius 1 is 1.05 bits per heavy atom. The van der Waals surface area contributed by atoms with Crippen LogP contribution in [-0.2, 0) is 6.54 Å². The second-order valence-corrected chi connectivity index (χ2v) is 5.20. The lowest BCUT2D eigenvalue weighted by molar-refractivity contribution is 0.0698. The summed E-state index contributed by atoms with van der Waals surface area (Å²) in [4.78, 5) is 22.8. The SMILES string of the molecule is O=C(NCc1ccc(Br)cc1)Nc1ccccc1C(=O)O. The zero-order chi connectivity index (χ0) is 15.2. The summed E-state index contributed by atoms with van der Waals surface area (Å²) in [6.07, 6.45) is 0. The Labute approximate surface area is 130 Å². The fraction of sp³-hybridized carbons (Fsp3) is 0.0667. The molecule has 0 aliphatic carbocycles. The zero-order valence-electron chi connectivity index (χ0n) is 11.0. The number of carbonyl (C=O) groups is 2. The van der Waals surface area contributed by atoms with Crippen molar-refractivity contribution < 1.29 is 14.7 Å². The molecular formula is C15H13BrN2O3. The van der Waals surface area contributed by atoms with Crippen molar-refractivity contribution in [3.8, 4) is 0 Å². The van der Waals surface area contributed by atoms with Crippen LogP contribution in [0.25, 0.3) is 0 Å². The number of amides is 2. The first-order valence-corrected chi connectivity index (χ1v) is 6.97. The molecule has 2 aromatic rings. The maximum absolute atomic E-state index is 11.8. The molecule has 6 heteroatoms. The van der Waals surface area contributed by atoms with Gasteiger partial charge in [-0.05, 0) is 29.8 Å². The number of carboxylic acids is 1. The number of rotatable bonds is 4. The standard InChI is InChI=1S/C15H13BrN2O3/c16-11-7-5-10(6-8-11)9-17-15(21)18-13-4-2-1-3-12(13)14(19)20/h1-8H,9H2,(H,19,20)(H2,17,18,21). The highest BCUT2D eigenvalue weighted by Gasteiger charge is 2.11. The predicted octanol–water partition coefficient (Wildman–Crippen LogP) is 3.47. The third-order valence-electron chi connectivity index (χ3n) is 2.77. The summed E-state index contributed by atoms with van der Waals surface area (Å²) in [6, 6.07) is 13.3. The van der Waals surface area contributed by atoms with E-state index in [-0.39, 0.29) is 11.3 Å². The van der Waals surface area contributed by atoms with E-state index in [9.17, 15) is 9.59 Å². The highest BCUT2D eigenvalue weighted by molar-refractivity contribution is 9.10. The number of hydrogen-bond acceptors (Lipinski definition) is 2. The quantitative estimate of drug-likeness (QED) is 0.791. The number of halogens is 1. The van der Waals surface area contributed by atoms with Gasteiger partial charge in [-0.1, -0.05) is 40.2 Å². The van der Waals surface area contributed by atoms with E-state index in [1.165, 1.54) is 6.07 Å². The van der Waals surface area contributed by atoms with Crippen molar-refractivity contribution in [3.05, 3.63) is 64.1 Å².